The standard InChI is InChI=1S/C26H28F7N3O2/c1-14-9-20(27)5-6-22(14)23-13-21(34-16(3)37)7-8-36(23)24(38)35(4)15(2)17-10-18(25(28,29)30)12-19(11-17)26(31,32)33/h5-6,9-12,15,21,23H,7-8,13H2,1-4H3,(H,34,37)/t15-,21+,23-/m1/s1. The molecule has 0 unspecified atom stereocenters. The Hall–Kier alpha value is -3.31. The Balaban J connectivity index is 1.97. The Morgan fingerprint density at radius 3 is 2.11 bits per heavy atom. The summed E-state index contributed by atoms with van der Waals surface area (Å²) in [4.78, 5) is 27.8. The Kier molecular flexibility index (Phi) is 8.33. The molecule has 1 saturated heterocycles. The molecular formula is C26H28F7N3O2. The van der Waals surface area contributed by atoms with Crippen molar-refractivity contribution in [2.75, 3.05) is 13.6 Å². The molecular weight excluding hydrogens is 519 g/mol. The minimum atomic E-state index is -5.02. The monoisotopic (exact) mass is 547 g/mol. The molecule has 0 aromatic heterocycles. The van der Waals surface area contributed by atoms with Gasteiger partial charge in [-0.2, -0.15) is 26.3 Å². The Bertz CT molecular complexity index is 1160. The van der Waals surface area contributed by atoms with Crippen LogP contribution < -0.4 is 5.32 Å². The zero-order valence-corrected chi connectivity index (χ0v) is 21.2. The molecule has 12 heteroatoms. The number of hydrogen-bond acceptors (Lipinski definition) is 2. The Labute approximate surface area is 215 Å². The summed E-state index contributed by atoms with van der Waals surface area (Å²) in [6.07, 6.45) is -9.36. The number of benzene rings is 2. The third kappa shape index (κ3) is 6.57. The highest BCUT2D eigenvalue weighted by molar-refractivity contribution is 5.76. The van der Waals surface area contributed by atoms with E-state index in [1.54, 1.807) is 6.92 Å². The van der Waals surface area contributed by atoms with Gasteiger partial charge in [-0.1, -0.05) is 6.07 Å². The van der Waals surface area contributed by atoms with Crippen molar-refractivity contribution in [2.45, 2.75) is 64.1 Å². The number of carbonyl (C=O) groups excluding carboxylic acids is 2. The number of aryl methyl sites for hydroxylation is 1. The van der Waals surface area contributed by atoms with Crippen molar-refractivity contribution in [3.05, 3.63) is 70.0 Å². The molecule has 3 atom stereocenters. The first kappa shape index (κ1) is 29.2. The predicted molar refractivity (Wildman–Crippen MR) is 125 cm³/mol. The number of amides is 3. The lowest BCUT2D eigenvalue weighted by atomic mass is 9.89. The maximum absolute atomic E-state index is 13.8. The summed E-state index contributed by atoms with van der Waals surface area (Å²) in [6, 6.07) is 2.64. The third-order valence-electron chi connectivity index (χ3n) is 6.82. The van der Waals surface area contributed by atoms with Crippen LogP contribution in [0.5, 0.6) is 0 Å². The zero-order chi connectivity index (χ0) is 28.6. The number of nitrogens with one attached hydrogen (secondary N) is 1. The molecule has 1 N–H and O–H groups in total. The molecule has 38 heavy (non-hydrogen) atoms. The van der Waals surface area contributed by atoms with Crippen LogP contribution in [0.4, 0.5) is 35.5 Å². The minimum Gasteiger partial charge on any atom is -0.353 e. The van der Waals surface area contributed by atoms with E-state index in [0.29, 0.717) is 36.1 Å². The molecule has 0 radical (unpaired) electrons. The van der Waals surface area contributed by atoms with Gasteiger partial charge in [-0.05, 0) is 73.7 Å². The van der Waals surface area contributed by atoms with Crippen molar-refractivity contribution in [1.29, 1.82) is 0 Å². The molecule has 0 bridgehead atoms. The summed E-state index contributed by atoms with van der Waals surface area (Å²) in [5, 5.41) is 2.81. The Morgan fingerprint density at radius 1 is 1.03 bits per heavy atom. The molecule has 1 fully saturated rings. The van der Waals surface area contributed by atoms with Crippen LogP contribution in [0.2, 0.25) is 0 Å². The topological polar surface area (TPSA) is 52.7 Å². The number of halogens is 7. The summed E-state index contributed by atoms with van der Waals surface area (Å²) in [6.45, 7) is 4.51. The van der Waals surface area contributed by atoms with Crippen molar-refractivity contribution in [1.82, 2.24) is 15.1 Å². The van der Waals surface area contributed by atoms with Gasteiger partial charge in [-0.25, -0.2) is 9.18 Å². The third-order valence-corrected chi connectivity index (χ3v) is 6.82. The van der Waals surface area contributed by atoms with Crippen LogP contribution in [-0.2, 0) is 17.1 Å². The summed E-state index contributed by atoms with van der Waals surface area (Å²) >= 11 is 0. The van der Waals surface area contributed by atoms with Crippen LogP contribution in [0.1, 0.15) is 66.6 Å². The molecule has 2 aromatic rings. The maximum Gasteiger partial charge on any atom is 0.416 e. The zero-order valence-electron chi connectivity index (χ0n) is 21.2. The van der Waals surface area contributed by atoms with Crippen LogP contribution >= 0.6 is 0 Å². The number of urea groups is 1. The first-order valence-corrected chi connectivity index (χ1v) is 11.8. The smallest absolute Gasteiger partial charge is 0.353 e. The van der Waals surface area contributed by atoms with Gasteiger partial charge in [0, 0.05) is 26.6 Å². The molecule has 208 valence electrons. The highest BCUT2D eigenvalue weighted by atomic mass is 19.4. The normalized spacial score (nSPS) is 19.2. The van der Waals surface area contributed by atoms with Crippen molar-refractivity contribution in [3.8, 4) is 0 Å². The minimum absolute atomic E-state index is 0.0399. The molecule has 2 aromatic carbocycles. The molecule has 1 aliphatic heterocycles. The molecule has 3 rings (SSSR count). The van der Waals surface area contributed by atoms with Gasteiger partial charge < -0.3 is 15.1 Å². The summed E-state index contributed by atoms with van der Waals surface area (Å²) in [7, 11) is 1.30. The quantitative estimate of drug-likeness (QED) is 0.437. The fourth-order valence-electron chi connectivity index (χ4n) is 4.73. The second kappa shape index (κ2) is 10.8. The lowest BCUT2D eigenvalue weighted by Crippen LogP contribution is -2.51. The second-order valence-electron chi connectivity index (χ2n) is 9.54. The SMILES string of the molecule is CC(=O)N[C@H]1CCN(C(=O)N(C)[C@H](C)c2cc(C(F)(F)F)cc(C(F)(F)F)c2)[C@@H](c2ccc(F)cc2C)C1. The van der Waals surface area contributed by atoms with E-state index >= 15 is 0 Å². The molecule has 0 spiro atoms. The van der Waals surface area contributed by atoms with Gasteiger partial charge in [0.05, 0.1) is 23.2 Å². The van der Waals surface area contributed by atoms with Crippen LogP contribution in [0.15, 0.2) is 36.4 Å². The van der Waals surface area contributed by atoms with E-state index in [1.807, 2.05) is 0 Å². The van der Waals surface area contributed by atoms with Gasteiger partial charge in [-0.15, -0.1) is 0 Å². The molecule has 1 heterocycles. The first-order chi connectivity index (χ1) is 17.5. The maximum atomic E-state index is 13.8. The molecule has 5 nitrogen and oxygen atoms in total. The van der Waals surface area contributed by atoms with Crippen LogP contribution in [0.3, 0.4) is 0 Å². The van der Waals surface area contributed by atoms with Gasteiger partial charge in [0.25, 0.3) is 0 Å². The van der Waals surface area contributed by atoms with E-state index in [2.05, 4.69) is 5.32 Å². The molecule has 1 aliphatic rings. The summed E-state index contributed by atoms with van der Waals surface area (Å²) in [5.74, 6) is -0.741. The van der Waals surface area contributed by atoms with Crippen molar-refractivity contribution in [2.24, 2.45) is 0 Å². The van der Waals surface area contributed by atoms with E-state index in [1.165, 1.54) is 44.0 Å². The lowest BCUT2D eigenvalue weighted by Gasteiger charge is -2.43. The molecule has 3 amide bonds. The van der Waals surface area contributed by atoms with Crippen molar-refractivity contribution >= 4 is 11.9 Å². The van der Waals surface area contributed by atoms with E-state index in [-0.39, 0.29) is 30.1 Å². The highest BCUT2D eigenvalue weighted by Gasteiger charge is 2.39. The largest absolute Gasteiger partial charge is 0.416 e. The number of alkyl halides is 6. The van der Waals surface area contributed by atoms with Gasteiger partial charge >= 0.3 is 18.4 Å². The second-order valence-corrected chi connectivity index (χ2v) is 9.54. The fourth-order valence-corrected chi connectivity index (χ4v) is 4.73. The van der Waals surface area contributed by atoms with Gasteiger partial charge in [0.15, 0.2) is 0 Å². The number of carbonyl (C=O) groups is 2. The number of rotatable bonds is 4. The number of piperidine rings is 1. The number of hydrogen-bond donors (Lipinski definition) is 1. The summed E-state index contributed by atoms with van der Waals surface area (Å²) in [5.41, 5.74) is -2.09. The lowest BCUT2D eigenvalue weighted by molar-refractivity contribution is -0.143. The number of likely N-dealkylation sites (tertiary alicyclic amines) is 1. The van der Waals surface area contributed by atoms with Crippen LogP contribution in [0.25, 0.3) is 0 Å². The fraction of sp³-hybridized carbons (Fsp3) is 0.462. The van der Waals surface area contributed by atoms with Crippen LogP contribution in [-0.4, -0.2) is 41.4 Å². The first-order valence-electron chi connectivity index (χ1n) is 11.8. The summed E-state index contributed by atoms with van der Waals surface area (Å²) < 4.78 is 94.0. The average molecular weight is 548 g/mol. The molecule has 0 aliphatic carbocycles. The average Bonchev–Trinajstić information content (AvgIpc) is 2.81. The van der Waals surface area contributed by atoms with Crippen LogP contribution in [0, 0.1) is 12.7 Å². The van der Waals surface area contributed by atoms with Gasteiger partial charge in [-0.3, -0.25) is 4.79 Å². The van der Waals surface area contributed by atoms with E-state index in [4.69, 9.17) is 0 Å². The van der Waals surface area contributed by atoms with E-state index in [9.17, 15) is 40.3 Å². The number of nitrogens with zero attached hydrogens (tertiary/aromatic N) is 2. The van der Waals surface area contributed by atoms with E-state index < -0.39 is 47.4 Å². The van der Waals surface area contributed by atoms with Gasteiger partial charge in [0.1, 0.15) is 5.82 Å². The molecule has 0 saturated carbocycles. The van der Waals surface area contributed by atoms with Crippen molar-refractivity contribution in [3.63, 3.8) is 0 Å². The van der Waals surface area contributed by atoms with E-state index in [0.717, 1.165) is 4.90 Å². The van der Waals surface area contributed by atoms with Gasteiger partial charge in [0.2, 0.25) is 5.91 Å². The van der Waals surface area contributed by atoms with Crippen molar-refractivity contribution < 1.29 is 40.3 Å². The predicted octanol–water partition coefficient (Wildman–Crippen LogP) is 6.63. The Morgan fingerprint density at radius 2 is 1.61 bits per heavy atom. The highest BCUT2D eigenvalue weighted by Crippen LogP contribution is 2.39.